The molecule has 26 heavy (non-hydrogen) atoms. The van der Waals surface area contributed by atoms with Gasteiger partial charge in [-0.05, 0) is 0 Å². The van der Waals surface area contributed by atoms with Crippen LogP contribution in [-0.2, 0) is 4.74 Å². The van der Waals surface area contributed by atoms with E-state index in [1.54, 1.807) is 17.9 Å². The fourth-order valence-corrected chi connectivity index (χ4v) is 3.15. The van der Waals surface area contributed by atoms with E-state index < -0.39 is 31.1 Å². The van der Waals surface area contributed by atoms with Gasteiger partial charge in [-0.2, -0.15) is 5.10 Å². The van der Waals surface area contributed by atoms with E-state index in [0.717, 1.165) is 4.88 Å². The first kappa shape index (κ1) is 16.9. The number of ether oxygens (including phenoxy) is 1. The predicted molar refractivity (Wildman–Crippen MR) is 91.7 cm³/mol. The van der Waals surface area contributed by atoms with Crippen molar-refractivity contribution in [2.24, 2.45) is 5.10 Å². The van der Waals surface area contributed by atoms with Crippen LogP contribution >= 0.6 is 11.3 Å². The van der Waals surface area contributed by atoms with Gasteiger partial charge in [0.1, 0.15) is 24.6 Å². The smallest absolute Gasteiger partial charge is 0.177 e. The molecule has 0 spiro atoms. The number of nitrogens with one attached hydrogen (secondary N) is 1. The van der Waals surface area contributed by atoms with Crippen LogP contribution in [0.2, 0.25) is 0 Å². The molecule has 0 aromatic carbocycles. The van der Waals surface area contributed by atoms with Gasteiger partial charge in [-0.15, -0.1) is 11.3 Å². The van der Waals surface area contributed by atoms with Crippen LogP contribution in [0.15, 0.2) is 29.5 Å². The van der Waals surface area contributed by atoms with E-state index in [9.17, 15) is 15.3 Å². The molecule has 0 amide bonds. The molecule has 0 unspecified atom stereocenters. The second-order valence-corrected chi connectivity index (χ2v) is 6.47. The lowest BCUT2D eigenvalue weighted by atomic mass is 10.1. The normalized spacial score (nSPS) is 26.1. The van der Waals surface area contributed by atoms with Gasteiger partial charge in [-0.25, -0.2) is 15.0 Å². The number of hydrogen-bond acceptors (Lipinski definition) is 11. The van der Waals surface area contributed by atoms with E-state index >= 15 is 0 Å². The van der Waals surface area contributed by atoms with E-state index in [1.807, 2.05) is 0 Å². The number of imidazole rings is 1. The molecule has 1 saturated heterocycles. The number of fused-ring (bicyclic) bond motifs is 1. The average Bonchev–Trinajstić information content (AvgIpc) is 3.37. The van der Waals surface area contributed by atoms with Crippen LogP contribution < -0.4 is 5.43 Å². The summed E-state index contributed by atoms with van der Waals surface area (Å²) in [4.78, 5) is 17.4. The van der Waals surface area contributed by atoms with E-state index in [2.05, 4.69) is 30.5 Å². The molecule has 0 saturated carbocycles. The zero-order valence-electron chi connectivity index (χ0n) is 13.2. The van der Waals surface area contributed by atoms with E-state index in [1.165, 1.54) is 28.6 Å². The summed E-state index contributed by atoms with van der Waals surface area (Å²) >= 11 is 1.44. The van der Waals surface area contributed by atoms with Gasteiger partial charge in [0, 0.05) is 6.20 Å². The number of anilines is 1. The zero-order valence-corrected chi connectivity index (χ0v) is 14.1. The number of aromatic nitrogens is 5. The highest BCUT2D eigenvalue weighted by Gasteiger charge is 2.44. The van der Waals surface area contributed by atoms with Crippen LogP contribution in [0.5, 0.6) is 0 Å². The molecule has 3 aromatic heterocycles. The maximum absolute atomic E-state index is 10.2. The molecule has 11 nitrogen and oxygen atoms in total. The Morgan fingerprint density at radius 2 is 2.19 bits per heavy atom. The van der Waals surface area contributed by atoms with Crippen LogP contribution in [0.3, 0.4) is 0 Å². The number of nitrogens with zero attached hydrogens (tertiary/aromatic N) is 6. The largest absolute Gasteiger partial charge is 0.394 e. The number of aliphatic hydroxyl groups excluding tert-OH is 3. The van der Waals surface area contributed by atoms with E-state index in [-0.39, 0.29) is 0 Å². The second-order valence-electron chi connectivity index (χ2n) is 5.55. The third kappa shape index (κ3) is 2.93. The summed E-state index contributed by atoms with van der Waals surface area (Å²) in [6.45, 7) is -0.407. The van der Waals surface area contributed by atoms with Gasteiger partial charge >= 0.3 is 0 Å². The first-order chi connectivity index (χ1) is 12.7. The molecular formula is C14H15N7O4S. The van der Waals surface area contributed by atoms with Crippen molar-refractivity contribution in [3.63, 3.8) is 0 Å². The second kappa shape index (κ2) is 7.01. The third-order valence-electron chi connectivity index (χ3n) is 3.96. The third-order valence-corrected chi connectivity index (χ3v) is 4.67. The van der Waals surface area contributed by atoms with Crippen LogP contribution in [0.25, 0.3) is 11.2 Å². The first-order valence-electron chi connectivity index (χ1n) is 7.66. The summed E-state index contributed by atoms with van der Waals surface area (Å²) in [7, 11) is 0. The van der Waals surface area contributed by atoms with Crippen LogP contribution in [0.1, 0.15) is 11.1 Å². The Balaban J connectivity index is 1.61. The van der Waals surface area contributed by atoms with Crippen molar-refractivity contribution in [3.8, 4) is 0 Å². The molecule has 1 fully saturated rings. The first-order valence-corrected chi connectivity index (χ1v) is 8.54. The molecule has 0 bridgehead atoms. The minimum atomic E-state index is -1.22. The average molecular weight is 377 g/mol. The SMILES string of the molecule is OC[C@H]1O[C@@H](n2cnc3c(NN=Cc4cncs4)ncnc32)[C@H](O)[C@@H]1O. The highest BCUT2D eigenvalue weighted by atomic mass is 32.1. The molecule has 12 heteroatoms. The molecule has 1 aliphatic heterocycles. The Morgan fingerprint density at radius 1 is 1.31 bits per heavy atom. The Labute approximate surface area is 150 Å². The van der Waals surface area contributed by atoms with Crippen molar-refractivity contribution in [3.05, 3.63) is 29.2 Å². The lowest BCUT2D eigenvalue weighted by molar-refractivity contribution is -0.0511. The van der Waals surface area contributed by atoms with Gasteiger partial charge in [-0.3, -0.25) is 15.0 Å². The molecule has 4 rings (SSSR count). The molecule has 1 aliphatic rings. The number of hydrazone groups is 1. The minimum absolute atomic E-state index is 0.376. The molecule has 4 N–H and O–H groups in total. The van der Waals surface area contributed by atoms with Crippen LogP contribution in [0.4, 0.5) is 5.82 Å². The molecule has 4 heterocycles. The number of thiazole rings is 1. The summed E-state index contributed by atoms with van der Waals surface area (Å²) in [6.07, 6.45) is 1.82. The minimum Gasteiger partial charge on any atom is -0.394 e. The monoisotopic (exact) mass is 377 g/mol. The maximum atomic E-state index is 10.2. The molecule has 3 aromatic rings. The molecule has 0 radical (unpaired) electrons. The van der Waals surface area contributed by atoms with Gasteiger partial charge < -0.3 is 20.1 Å². The Bertz CT molecular complexity index is 915. The van der Waals surface area contributed by atoms with Crippen LogP contribution in [0, 0.1) is 0 Å². The zero-order chi connectivity index (χ0) is 18.1. The molecular weight excluding hydrogens is 362 g/mol. The lowest BCUT2D eigenvalue weighted by Gasteiger charge is -2.16. The number of rotatable bonds is 5. The standard InChI is InChI=1S/C14H15N7O4S/c22-3-8-10(23)11(24)14(25-8)21-5-18-9-12(16-4-17-13(9)21)20-19-2-7-1-15-6-26-7/h1-2,4-6,8,10-11,14,22-24H,3H2,(H,16,17,20)/t8-,10-,11-,14-/m1/s1. The Kier molecular flexibility index (Phi) is 4.57. The summed E-state index contributed by atoms with van der Waals surface area (Å²) < 4.78 is 7.00. The maximum Gasteiger partial charge on any atom is 0.177 e. The topological polar surface area (TPSA) is 151 Å². The highest BCUT2D eigenvalue weighted by Crippen LogP contribution is 2.32. The summed E-state index contributed by atoms with van der Waals surface area (Å²) in [5, 5.41) is 33.4. The van der Waals surface area contributed by atoms with Crippen LogP contribution in [-0.4, -0.2) is 71.0 Å². The highest BCUT2D eigenvalue weighted by molar-refractivity contribution is 7.11. The van der Waals surface area contributed by atoms with Crippen molar-refractivity contribution >= 4 is 34.5 Å². The Morgan fingerprint density at radius 3 is 2.92 bits per heavy atom. The number of hydrogen-bond donors (Lipinski definition) is 4. The van der Waals surface area contributed by atoms with E-state index in [4.69, 9.17) is 4.74 Å². The van der Waals surface area contributed by atoms with Crippen molar-refractivity contribution in [1.82, 2.24) is 24.5 Å². The van der Waals surface area contributed by atoms with Crippen molar-refractivity contribution in [2.75, 3.05) is 12.0 Å². The van der Waals surface area contributed by atoms with Gasteiger partial charge in [0.15, 0.2) is 23.2 Å². The molecule has 0 aliphatic carbocycles. The van der Waals surface area contributed by atoms with Gasteiger partial charge in [0.05, 0.1) is 29.5 Å². The van der Waals surface area contributed by atoms with Gasteiger partial charge in [0.25, 0.3) is 0 Å². The van der Waals surface area contributed by atoms with E-state index in [0.29, 0.717) is 17.0 Å². The summed E-state index contributed by atoms with van der Waals surface area (Å²) in [5.74, 6) is 0.376. The Hall–Kier alpha value is -2.51. The summed E-state index contributed by atoms with van der Waals surface area (Å²) in [6, 6.07) is 0. The lowest BCUT2D eigenvalue weighted by Crippen LogP contribution is -2.33. The molecule has 4 atom stereocenters. The van der Waals surface area contributed by atoms with Crippen molar-refractivity contribution in [2.45, 2.75) is 24.5 Å². The molecule has 136 valence electrons. The van der Waals surface area contributed by atoms with Gasteiger partial charge in [0.2, 0.25) is 0 Å². The quantitative estimate of drug-likeness (QED) is 0.335. The van der Waals surface area contributed by atoms with Crippen molar-refractivity contribution in [1.29, 1.82) is 0 Å². The predicted octanol–water partition coefficient (Wildman–Crippen LogP) is -0.660. The van der Waals surface area contributed by atoms with Crippen molar-refractivity contribution < 1.29 is 20.1 Å². The number of aliphatic hydroxyl groups is 3. The fraction of sp³-hybridized carbons (Fsp3) is 0.357. The summed E-state index contributed by atoms with van der Waals surface area (Å²) in [5.41, 5.74) is 5.32. The van der Waals surface area contributed by atoms with Gasteiger partial charge in [-0.1, -0.05) is 0 Å². The fourth-order valence-electron chi connectivity index (χ4n) is 2.68.